The molecule has 6 rings (SSSR count). The van der Waals surface area contributed by atoms with Gasteiger partial charge in [-0.2, -0.15) is 6.07 Å². The molecular weight excluding hydrogens is 653 g/mol. The second kappa shape index (κ2) is 9.56. The van der Waals surface area contributed by atoms with E-state index in [4.69, 9.17) is 9.72 Å². The van der Waals surface area contributed by atoms with Gasteiger partial charge in [-0.1, -0.05) is 56.6 Å². The minimum Gasteiger partial charge on any atom is -0.506 e. The van der Waals surface area contributed by atoms with Crippen molar-refractivity contribution in [1.29, 1.82) is 0 Å². The Bertz CT molecular complexity index is 1830. The van der Waals surface area contributed by atoms with Gasteiger partial charge in [0.1, 0.15) is 17.1 Å². The maximum absolute atomic E-state index is 10.3. The Labute approximate surface area is 236 Å². The summed E-state index contributed by atoms with van der Waals surface area (Å²) >= 11 is 0. The van der Waals surface area contributed by atoms with Crippen LogP contribution in [-0.2, 0) is 26.5 Å². The first-order chi connectivity index (χ1) is 17.7. The van der Waals surface area contributed by atoms with Gasteiger partial charge in [-0.05, 0) is 60.0 Å². The van der Waals surface area contributed by atoms with Crippen molar-refractivity contribution in [2.45, 2.75) is 40.0 Å². The van der Waals surface area contributed by atoms with Crippen LogP contribution in [0.4, 0.5) is 0 Å². The molecule has 194 valence electrons. The van der Waals surface area contributed by atoms with Crippen LogP contribution in [0.1, 0.15) is 37.6 Å². The molecule has 0 saturated heterocycles. The fourth-order valence-corrected chi connectivity index (χ4v) is 5.08. The average molecular weight is 682 g/mol. The zero-order valence-electron chi connectivity index (χ0n) is 21.9. The van der Waals surface area contributed by atoms with Crippen molar-refractivity contribution in [1.82, 2.24) is 14.5 Å². The van der Waals surface area contributed by atoms with Gasteiger partial charge in [0, 0.05) is 49.5 Å². The number of ether oxygens (including phenoxy) is 1. The Morgan fingerprint density at radius 2 is 1.63 bits per heavy atom. The van der Waals surface area contributed by atoms with Crippen molar-refractivity contribution in [2.75, 3.05) is 0 Å². The minimum absolute atomic E-state index is 0. The molecular formula is C32H28N3O2Pt-. The summed E-state index contributed by atoms with van der Waals surface area (Å²) < 4.78 is 8.38. The maximum Gasteiger partial charge on any atom is 0.217 e. The molecule has 0 aliphatic rings. The molecule has 0 radical (unpaired) electrons. The number of hydrogen-bond acceptors (Lipinski definition) is 4. The van der Waals surface area contributed by atoms with Crippen LogP contribution in [0.3, 0.4) is 0 Å². The molecule has 6 heteroatoms. The van der Waals surface area contributed by atoms with E-state index in [2.05, 4.69) is 60.7 Å². The molecule has 3 aromatic carbocycles. The van der Waals surface area contributed by atoms with Crippen LogP contribution in [-0.4, -0.2) is 19.6 Å². The van der Waals surface area contributed by atoms with Gasteiger partial charge in [0.25, 0.3) is 0 Å². The number of aromatic hydroxyl groups is 1. The van der Waals surface area contributed by atoms with E-state index < -0.39 is 0 Å². The first-order valence-corrected chi connectivity index (χ1v) is 12.4. The number of nitrogens with zero attached hydrogens (tertiary/aromatic N) is 3. The number of pyridine rings is 2. The predicted octanol–water partition coefficient (Wildman–Crippen LogP) is 7.94. The minimum atomic E-state index is -0.0393. The molecule has 3 heterocycles. The molecule has 0 bridgehead atoms. The smallest absolute Gasteiger partial charge is 0.217 e. The van der Waals surface area contributed by atoms with Crippen LogP contribution in [0.2, 0.25) is 0 Å². The molecule has 3 aromatic heterocycles. The van der Waals surface area contributed by atoms with Crippen molar-refractivity contribution in [3.63, 3.8) is 0 Å². The van der Waals surface area contributed by atoms with Crippen LogP contribution in [0.15, 0.2) is 72.8 Å². The van der Waals surface area contributed by atoms with Gasteiger partial charge in [-0.3, -0.25) is 0 Å². The Morgan fingerprint density at radius 3 is 2.39 bits per heavy atom. The Hall–Kier alpha value is -3.69. The normalized spacial score (nSPS) is 11.7. The third kappa shape index (κ3) is 4.35. The molecule has 0 saturated carbocycles. The Balaban J connectivity index is 0.00000294. The first kappa shape index (κ1) is 25.9. The van der Waals surface area contributed by atoms with Crippen LogP contribution >= 0.6 is 0 Å². The maximum atomic E-state index is 10.3. The van der Waals surface area contributed by atoms with Gasteiger partial charge in [0.05, 0.1) is 0 Å². The van der Waals surface area contributed by atoms with Crippen LogP contribution < -0.4 is 4.74 Å². The molecule has 0 unspecified atom stereocenters. The molecule has 6 aromatic rings. The van der Waals surface area contributed by atoms with Crippen LogP contribution in [0.25, 0.3) is 38.5 Å². The summed E-state index contributed by atoms with van der Waals surface area (Å²) in [6.07, 6.45) is 0. The monoisotopic (exact) mass is 681 g/mol. The topological polar surface area (TPSA) is 60.2 Å². The molecule has 38 heavy (non-hydrogen) atoms. The number of hydrogen-bond donors (Lipinski definition) is 1. The third-order valence-corrected chi connectivity index (χ3v) is 6.80. The van der Waals surface area contributed by atoms with Gasteiger partial charge in [0.2, 0.25) is 5.88 Å². The summed E-state index contributed by atoms with van der Waals surface area (Å²) in [4.78, 5) is 9.42. The van der Waals surface area contributed by atoms with Crippen molar-refractivity contribution in [3.05, 3.63) is 95.7 Å². The van der Waals surface area contributed by atoms with Gasteiger partial charge >= 0.3 is 0 Å². The quantitative estimate of drug-likeness (QED) is 0.193. The number of aryl methyl sites for hydroxylation is 2. The van der Waals surface area contributed by atoms with E-state index in [1.54, 1.807) is 6.07 Å². The number of fused-ring (bicyclic) bond motifs is 4. The van der Waals surface area contributed by atoms with E-state index in [-0.39, 0.29) is 32.2 Å². The molecule has 0 atom stereocenters. The fraction of sp³-hybridized carbons (Fsp3) is 0.188. The number of phenolic OH excluding ortho intramolecular Hbond substituents is 1. The molecule has 0 spiro atoms. The number of rotatable bonds is 3. The number of para-hydroxylation sites is 1. The third-order valence-electron chi connectivity index (χ3n) is 6.80. The van der Waals surface area contributed by atoms with E-state index in [0.717, 1.165) is 38.9 Å². The first-order valence-electron chi connectivity index (χ1n) is 12.4. The van der Waals surface area contributed by atoms with E-state index in [1.807, 2.05) is 56.3 Å². The second-order valence-electron chi connectivity index (χ2n) is 10.6. The summed E-state index contributed by atoms with van der Waals surface area (Å²) in [5.74, 6) is 1.92. The summed E-state index contributed by atoms with van der Waals surface area (Å²) in [6.45, 7) is 10.7. The summed E-state index contributed by atoms with van der Waals surface area (Å²) in [5.41, 5.74) is 5.65. The Kier molecular flexibility index (Phi) is 6.52. The van der Waals surface area contributed by atoms with Crippen molar-refractivity contribution < 1.29 is 30.9 Å². The molecule has 0 aliphatic heterocycles. The molecule has 5 nitrogen and oxygen atoms in total. The fourth-order valence-electron chi connectivity index (χ4n) is 5.08. The van der Waals surface area contributed by atoms with Crippen LogP contribution in [0, 0.1) is 19.9 Å². The average Bonchev–Trinajstić information content (AvgIpc) is 3.18. The van der Waals surface area contributed by atoms with Gasteiger partial charge < -0.3 is 14.4 Å². The summed E-state index contributed by atoms with van der Waals surface area (Å²) in [5, 5.41) is 13.5. The van der Waals surface area contributed by atoms with Gasteiger partial charge in [-0.15, -0.1) is 17.5 Å². The van der Waals surface area contributed by atoms with Crippen molar-refractivity contribution in [3.8, 4) is 23.2 Å². The zero-order valence-corrected chi connectivity index (χ0v) is 24.2. The van der Waals surface area contributed by atoms with Gasteiger partial charge in [-0.25, -0.2) is 9.97 Å². The Morgan fingerprint density at radius 1 is 0.868 bits per heavy atom. The van der Waals surface area contributed by atoms with Crippen LogP contribution in [0.5, 0.6) is 17.4 Å². The number of benzene rings is 3. The molecule has 0 amide bonds. The van der Waals surface area contributed by atoms with Crippen molar-refractivity contribution in [2.24, 2.45) is 0 Å². The van der Waals surface area contributed by atoms with E-state index in [0.29, 0.717) is 17.1 Å². The largest absolute Gasteiger partial charge is 0.506 e. The molecule has 0 aliphatic carbocycles. The molecule has 1 N–H and O–H groups in total. The zero-order chi connectivity index (χ0) is 25.9. The van der Waals surface area contributed by atoms with Gasteiger partial charge in [0.15, 0.2) is 0 Å². The number of aromatic nitrogens is 3. The summed E-state index contributed by atoms with van der Waals surface area (Å²) in [7, 11) is 0. The second-order valence-corrected chi connectivity index (χ2v) is 10.6. The number of phenols is 1. The standard InChI is InChI=1S/C32H28N3O2.Pt/c1-19-17-29(34-31-22(19)10-7-13-27(31)36)37-21-15-16-23-26(18-21)35(28-14-6-9-20(2)33-28)25-12-8-11-24(30(23)25)32(3,4)5;/h6-17,36H,1-5H3;/q-1;. The SMILES string of the molecule is Cc1cccc(-n2c3[c-]c(Oc4cc(C)c5cccc(O)c5n4)ccc3c3c(C(C)(C)C)cccc32)n1.[Pt]. The molecule has 0 fully saturated rings. The van der Waals surface area contributed by atoms with E-state index >= 15 is 0 Å². The van der Waals surface area contributed by atoms with Crippen molar-refractivity contribution >= 4 is 32.7 Å². The predicted molar refractivity (Wildman–Crippen MR) is 149 cm³/mol. The van der Waals surface area contributed by atoms with E-state index in [1.165, 1.54) is 10.9 Å². The van der Waals surface area contributed by atoms with E-state index in [9.17, 15) is 5.11 Å². The summed E-state index contributed by atoms with van der Waals surface area (Å²) in [6, 6.07) is 27.3.